The summed E-state index contributed by atoms with van der Waals surface area (Å²) in [5.74, 6) is 0.984. The Morgan fingerprint density at radius 1 is 0.893 bits per heavy atom. The lowest BCUT2D eigenvalue weighted by molar-refractivity contribution is 0.606. The quantitative estimate of drug-likeness (QED) is 0.531. The molecule has 0 spiro atoms. The van der Waals surface area contributed by atoms with Crippen molar-refractivity contribution in [2.75, 3.05) is 0 Å². The van der Waals surface area contributed by atoms with E-state index < -0.39 is 0 Å². The van der Waals surface area contributed by atoms with Crippen LogP contribution < -0.4 is 0 Å². The fourth-order valence-corrected chi connectivity index (χ4v) is 3.23. The van der Waals surface area contributed by atoms with E-state index in [0.717, 1.165) is 23.4 Å². The van der Waals surface area contributed by atoms with Gasteiger partial charge in [-0.25, -0.2) is 24.0 Å². The SMILES string of the molecule is Cc1cc(Cc2ccccc2)nc(Cc2ccc(-n3ncnc3C)c(F)c2)n1. The molecule has 0 saturated heterocycles. The van der Waals surface area contributed by atoms with Gasteiger partial charge in [0.15, 0.2) is 0 Å². The molecular formula is C22H20FN5. The molecule has 0 aliphatic heterocycles. The minimum absolute atomic E-state index is 0.344. The largest absolute Gasteiger partial charge is 0.238 e. The molecule has 2 aromatic carbocycles. The van der Waals surface area contributed by atoms with Crippen LogP contribution in [0.3, 0.4) is 0 Å². The van der Waals surface area contributed by atoms with Gasteiger partial charge in [0.2, 0.25) is 0 Å². The van der Waals surface area contributed by atoms with Gasteiger partial charge in [-0.05, 0) is 43.2 Å². The molecule has 2 heterocycles. The number of hydrogen-bond acceptors (Lipinski definition) is 4. The second-order valence-corrected chi connectivity index (χ2v) is 6.76. The Morgan fingerprint density at radius 2 is 1.71 bits per heavy atom. The standard InChI is InChI=1S/C22H20FN5/c1-15-10-19(11-17-6-4-3-5-7-17)27-22(26-15)13-18-8-9-21(20(23)12-18)28-16(2)24-14-25-28/h3-10,12,14H,11,13H2,1-2H3. The highest BCUT2D eigenvalue weighted by Gasteiger charge is 2.11. The highest BCUT2D eigenvalue weighted by Crippen LogP contribution is 2.18. The summed E-state index contributed by atoms with van der Waals surface area (Å²) in [5.41, 5.74) is 4.27. The Bertz CT molecular complexity index is 1110. The van der Waals surface area contributed by atoms with Crippen LogP contribution in [-0.2, 0) is 12.8 Å². The molecule has 0 N–H and O–H groups in total. The van der Waals surface area contributed by atoms with Gasteiger partial charge < -0.3 is 0 Å². The van der Waals surface area contributed by atoms with Crippen molar-refractivity contribution in [1.29, 1.82) is 0 Å². The molecule has 28 heavy (non-hydrogen) atoms. The van der Waals surface area contributed by atoms with Gasteiger partial charge in [-0.3, -0.25) is 0 Å². The molecule has 2 aromatic heterocycles. The highest BCUT2D eigenvalue weighted by atomic mass is 19.1. The lowest BCUT2D eigenvalue weighted by Crippen LogP contribution is -2.05. The van der Waals surface area contributed by atoms with Gasteiger partial charge in [0.05, 0.1) is 0 Å². The predicted molar refractivity (Wildman–Crippen MR) is 105 cm³/mol. The van der Waals surface area contributed by atoms with E-state index in [4.69, 9.17) is 0 Å². The van der Waals surface area contributed by atoms with Crippen LogP contribution in [0, 0.1) is 19.7 Å². The summed E-state index contributed by atoms with van der Waals surface area (Å²) in [6.45, 7) is 3.74. The maximum atomic E-state index is 14.6. The van der Waals surface area contributed by atoms with Gasteiger partial charge >= 0.3 is 0 Å². The highest BCUT2D eigenvalue weighted by molar-refractivity contribution is 5.37. The fraction of sp³-hybridized carbons (Fsp3) is 0.182. The second kappa shape index (κ2) is 7.68. The van der Waals surface area contributed by atoms with Crippen LogP contribution in [-0.4, -0.2) is 24.7 Å². The summed E-state index contributed by atoms with van der Waals surface area (Å²) < 4.78 is 16.1. The molecule has 0 fully saturated rings. The number of hydrogen-bond donors (Lipinski definition) is 0. The van der Waals surface area contributed by atoms with Crippen LogP contribution in [0.1, 0.15) is 34.2 Å². The smallest absolute Gasteiger partial charge is 0.149 e. The summed E-state index contributed by atoms with van der Waals surface area (Å²) in [6, 6.07) is 17.3. The topological polar surface area (TPSA) is 56.5 Å². The molecule has 140 valence electrons. The van der Waals surface area contributed by atoms with Crippen molar-refractivity contribution < 1.29 is 4.39 Å². The minimum atomic E-state index is -0.344. The molecule has 5 nitrogen and oxygen atoms in total. The van der Waals surface area contributed by atoms with Gasteiger partial charge in [0, 0.05) is 24.2 Å². The second-order valence-electron chi connectivity index (χ2n) is 6.76. The first-order valence-corrected chi connectivity index (χ1v) is 9.11. The molecule has 0 radical (unpaired) electrons. The van der Waals surface area contributed by atoms with Crippen molar-refractivity contribution in [3.8, 4) is 5.69 Å². The monoisotopic (exact) mass is 373 g/mol. The molecule has 6 heteroatoms. The van der Waals surface area contributed by atoms with E-state index in [2.05, 4.69) is 32.2 Å². The molecule has 4 aromatic rings. The predicted octanol–water partition coefficient (Wildman–Crippen LogP) is 3.99. The van der Waals surface area contributed by atoms with Crippen molar-refractivity contribution in [2.24, 2.45) is 0 Å². The van der Waals surface area contributed by atoms with Crippen LogP contribution in [0.15, 0.2) is 60.9 Å². The Hall–Kier alpha value is -3.41. The zero-order valence-corrected chi connectivity index (χ0v) is 15.8. The molecule has 0 bridgehead atoms. The molecule has 4 rings (SSSR count). The first kappa shape index (κ1) is 18.0. The van der Waals surface area contributed by atoms with Crippen molar-refractivity contribution in [2.45, 2.75) is 26.7 Å². The Morgan fingerprint density at radius 3 is 2.43 bits per heavy atom. The van der Waals surface area contributed by atoms with Crippen molar-refractivity contribution in [3.05, 3.63) is 101 Å². The first-order chi connectivity index (χ1) is 13.6. The Labute approximate surface area is 162 Å². The van der Waals surface area contributed by atoms with Crippen molar-refractivity contribution in [1.82, 2.24) is 24.7 Å². The van der Waals surface area contributed by atoms with E-state index in [1.165, 1.54) is 22.6 Å². The summed E-state index contributed by atoms with van der Waals surface area (Å²) in [7, 11) is 0. The lowest BCUT2D eigenvalue weighted by Gasteiger charge is -2.09. The maximum Gasteiger partial charge on any atom is 0.149 e. The number of aromatic nitrogens is 5. The van der Waals surface area contributed by atoms with Gasteiger partial charge in [-0.15, -0.1) is 0 Å². The summed E-state index contributed by atoms with van der Waals surface area (Å²) >= 11 is 0. The Balaban J connectivity index is 1.57. The molecular weight excluding hydrogens is 353 g/mol. The van der Waals surface area contributed by atoms with Crippen molar-refractivity contribution in [3.63, 3.8) is 0 Å². The van der Waals surface area contributed by atoms with Crippen LogP contribution in [0.2, 0.25) is 0 Å². The number of benzene rings is 2. The summed E-state index contributed by atoms with van der Waals surface area (Å²) in [5, 5.41) is 4.06. The zero-order chi connectivity index (χ0) is 19.5. The van der Waals surface area contributed by atoms with Gasteiger partial charge in [0.25, 0.3) is 0 Å². The zero-order valence-electron chi connectivity index (χ0n) is 15.8. The third kappa shape index (κ3) is 3.96. The van der Waals surface area contributed by atoms with Crippen LogP contribution in [0.5, 0.6) is 0 Å². The molecule has 0 saturated carbocycles. The summed E-state index contributed by atoms with van der Waals surface area (Å²) in [4.78, 5) is 13.2. The maximum absolute atomic E-state index is 14.6. The third-order valence-electron chi connectivity index (χ3n) is 4.50. The first-order valence-electron chi connectivity index (χ1n) is 9.11. The number of nitrogens with zero attached hydrogens (tertiary/aromatic N) is 5. The van der Waals surface area contributed by atoms with E-state index in [-0.39, 0.29) is 5.82 Å². The van der Waals surface area contributed by atoms with E-state index in [0.29, 0.717) is 23.8 Å². The third-order valence-corrected chi connectivity index (χ3v) is 4.50. The van der Waals surface area contributed by atoms with E-state index in [9.17, 15) is 4.39 Å². The summed E-state index contributed by atoms with van der Waals surface area (Å²) in [6.07, 6.45) is 2.63. The average molecular weight is 373 g/mol. The molecule has 0 amide bonds. The van der Waals surface area contributed by atoms with E-state index in [1.807, 2.05) is 37.3 Å². The van der Waals surface area contributed by atoms with Gasteiger partial charge in [0.1, 0.15) is 29.5 Å². The van der Waals surface area contributed by atoms with Gasteiger partial charge in [-0.1, -0.05) is 36.4 Å². The minimum Gasteiger partial charge on any atom is -0.238 e. The average Bonchev–Trinajstić information content (AvgIpc) is 3.08. The molecule has 0 atom stereocenters. The number of halogens is 1. The Kier molecular flexibility index (Phi) is 4.93. The molecule has 0 aliphatic rings. The number of aryl methyl sites for hydroxylation is 2. The normalized spacial score (nSPS) is 11.0. The van der Waals surface area contributed by atoms with Crippen LogP contribution in [0.4, 0.5) is 4.39 Å². The lowest BCUT2D eigenvalue weighted by atomic mass is 10.1. The van der Waals surface area contributed by atoms with E-state index in [1.54, 1.807) is 13.0 Å². The van der Waals surface area contributed by atoms with Crippen LogP contribution >= 0.6 is 0 Å². The molecule has 0 aliphatic carbocycles. The van der Waals surface area contributed by atoms with Crippen LogP contribution in [0.25, 0.3) is 5.69 Å². The van der Waals surface area contributed by atoms with Gasteiger partial charge in [-0.2, -0.15) is 5.10 Å². The molecule has 0 unspecified atom stereocenters. The number of rotatable bonds is 5. The van der Waals surface area contributed by atoms with Crippen molar-refractivity contribution >= 4 is 0 Å². The van der Waals surface area contributed by atoms with E-state index >= 15 is 0 Å². The fourth-order valence-electron chi connectivity index (χ4n) is 3.23.